The predicted molar refractivity (Wildman–Crippen MR) is 262 cm³/mol. The predicted octanol–water partition coefficient (Wildman–Crippen LogP) is 8.67. The van der Waals surface area contributed by atoms with Crippen LogP contribution in [0, 0.1) is 28.8 Å². The number of nitrogens with zero attached hydrogens (tertiary/aromatic N) is 11. The lowest BCUT2D eigenvalue weighted by Crippen LogP contribution is -2.63. The van der Waals surface area contributed by atoms with Crippen LogP contribution in [-0.2, 0) is 4.79 Å². The molecule has 3 aliphatic rings. The number of hydrogen-bond acceptors (Lipinski definition) is 13. The van der Waals surface area contributed by atoms with Gasteiger partial charge in [0, 0.05) is 73.7 Å². The summed E-state index contributed by atoms with van der Waals surface area (Å²) >= 11 is 6.99. The van der Waals surface area contributed by atoms with Crippen LogP contribution in [0.5, 0.6) is 5.75 Å². The number of allylic oxidation sites excluding steroid dienone is 1. The van der Waals surface area contributed by atoms with Gasteiger partial charge in [0.05, 0.1) is 45.9 Å². The molecule has 19 heteroatoms. The van der Waals surface area contributed by atoms with Gasteiger partial charge in [0.15, 0.2) is 23.3 Å². The lowest BCUT2D eigenvalue weighted by molar-refractivity contribution is -0.127. The van der Waals surface area contributed by atoms with Gasteiger partial charge in [-0.05, 0) is 52.9 Å². The van der Waals surface area contributed by atoms with Crippen LogP contribution >= 0.6 is 11.6 Å². The van der Waals surface area contributed by atoms with Crippen molar-refractivity contribution in [1.82, 2.24) is 39.7 Å². The van der Waals surface area contributed by atoms with Gasteiger partial charge in [-0.1, -0.05) is 60.6 Å². The number of halogens is 5. The molecule has 14 nitrogen and oxygen atoms in total. The second-order valence-corrected chi connectivity index (χ2v) is 18.0. The number of aliphatic hydroxyl groups excluding tert-OH is 1. The van der Waals surface area contributed by atoms with Crippen molar-refractivity contribution < 1.29 is 32.6 Å². The number of amides is 1. The van der Waals surface area contributed by atoms with E-state index in [-0.39, 0.29) is 106 Å². The van der Waals surface area contributed by atoms with Crippen molar-refractivity contribution in [2.75, 3.05) is 49.2 Å². The Kier molecular flexibility index (Phi) is 11.7. The summed E-state index contributed by atoms with van der Waals surface area (Å²) in [4.78, 5) is 47.3. The maximum atomic E-state index is 17.4. The van der Waals surface area contributed by atoms with Gasteiger partial charge >= 0.3 is 0 Å². The monoisotopic (exact) mass is 977 g/mol. The van der Waals surface area contributed by atoms with E-state index < -0.39 is 41.4 Å². The van der Waals surface area contributed by atoms with Crippen LogP contribution < -0.4 is 9.80 Å². The number of fused-ring (bicyclic) bond motifs is 5. The summed E-state index contributed by atoms with van der Waals surface area (Å²) in [7, 11) is 0. The molecule has 11 rings (SSSR count). The van der Waals surface area contributed by atoms with Crippen LogP contribution in [0.2, 0.25) is 5.02 Å². The Bertz CT molecular complexity index is 3600. The third-order valence-corrected chi connectivity index (χ3v) is 14.2. The first-order valence-electron chi connectivity index (χ1n) is 22.8. The van der Waals surface area contributed by atoms with Gasteiger partial charge in [0.1, 0.15) is 59.0 Å². The van der Waals surface area contributed by atoms with E-state index in [1.165, 1.54) is 49.1 Å². The number of anilines is 2. The number of hydrogen-bond donors (Lipinski definition) is 2. The molecule has 1 unspecified atom stereocenters. The Morgan fingerprint density at radius 1 is 0.845 bits per heavy atom. The summed E-state index contributed by atoms with van der Waals surface area (Å²) in [6.07, 6.45) is 7.54. The van der Waals surface area contributed by atoms with Gasteiger partial charge in [0.25, 0.3) is 0 Å². The quantitative estimate of drug-likeness (QED) is 0.0759. The summed E-state index contributed by atoms with van der Waals surface area (Å²) in [5, 5.41) is 33.1. The number of aromatic nitrogens is 6. The Morgan fingerprint density at radius 3 is 2.39 bits per heavy atom. The van der Waals surface area contributed by atoms with Crippen LogP contribution in [0.15, 0.2) is 104 Å². The molecule has 1 amide bonds. The molecule has 4 aromatic heterocycles. The van der Waals surface area contributed by atoms with E-state index in [1.807, 2.05) is 9.80 Å². The van der Waals surface area contributed by atoms with E-state index in [9.17, 15) is 24.7 Å². The highest BCUT2D eigenvalue weighted by Gasteiger charge is 2.49. The van der Waals surface area contributed by atoms with E-state index in [4.69, 9.17) is 16.6 Å². The highest BCUT2D eigenvalue weighted by Crippen LogP contribution is 2.44. The molecule has 4 aromatic carbocycles. The van der Waals surface area contributed by atoms with Gasteiger partial charge in [-0.3, -0.25) is 19.7 Å². The van der Waals surface area contributed by atoms with E-state index in [2.05, 4.69) is 37.6 Å². The molecule has 4 atom stereocenters. The summed E-state index contributed by atoms with van der Waals surface area (Å²) < 4.78 is 64.2. The number of aliphatic hydroxyl groups is 1. The molecule has 0 aliphatic carbocycles. The van der Waals surface area contributed by atoms with Gasteiger partial charge < -0.3 is 24.9 Å². The zero-order valence-electron chi connectivity index (χ0n) is 37.5. The molecule has 2 N–H and O–H groups in total. The Balaban J connectivity index is 1.02. The summed E-state index contributed by atoms with van der Waals surface area (Å²) in [5.74, 6) is -2.63. The van der Waals surface area contributed by atoms with Crippen LogP contribution in [0.1, 0.15) is 12.8 Å². The second kappa shape index (κ2) is 18.2. The van der Waals surface area contributed by atoms with Gasteiger partial charge in [0.2, 0.25) is 5.91 Å². The number of likely N-dealkylation sites (tertiary alicyclic amines) is 1. The first-order valence-corrected chi connectivity index (χ1v) is 23.1. The molecule has 3 aliphatic heterocycles. The smallest absolute Gasteiger partial charge is 0.246 e. The molecule has 356 valence electrons. The van der Waals surface area contributed by atoms with E-state index >= 15 is 13.2 Å². The second-order valence-electron chi connectivity index (χ2n) is 17.6. The highest BCUT2D eigenvalue weighted by molar-refractivity contribution is 6.37. The minimum absolute atomic E-state index is 0.0282. The van der Waals surface area contributed by atoms with Crippen molar-refractivity contribution in [3.8, 4) is 45.7 Å². The lowest BCUT2D eigenvalue weighted by Gasteiger charge is -2.47. The Hall–Kier alpha value is -7.85. The first-order chi connectivity index (χ1) is 34.5. The largest absolute Gasteiger partial charge is 0.508 e. The third-order valence-electron chi connectivity index (χ3n) is 13.8. The molecule has 71 heavy (non-hydrogen) atoms. The fraction of sp³-hybridized carbons (Fsp3) is 0.231. The van der Waals surface area contributed by atoms with Crippen molar-refractivity contribution in [3.05, 3.63) is 127 Å². The average Bonchev–Trinajstić information content (AvgIpc) is 3.71. The molecule has 0 radical (unpaired) electrons. The Labute approximate surface area is 407 Å². The van der Waals surface area contributed by atoms with Crippen molar-refractivity contribution >= 4 is 72.5 Å². The summed E-state index contributed by atoms with van der Waals surface area (Å²) in [6.45, 7) is 4.54. The summed E-state index contributed by atoms with van der Waals surface area (Å²) in [6, 6.07) is 17.9. The SMILES string of the molecule is C=CC(O)N1CCN(c2nc(-c3cc4cccc(-c5ncc6c(N7C[C@@H]8[C@H]7CCN8C(=O)/C=C/CF)ncnc6c5F)c4c(Cl)c3F)nc3c(F)c(-c4cc(O)cc5ccccc45)ncc23)C[C@@H]1CC#N. The standard InChI is InChI=1S/C52H40ClF4N11O3/c1-2-39(70)66-18-17-65(24-29(66)12-15-58)52-36-23-60-47(33-21-30(69)19-27-7-3-4-9-31(27)33)45(57)49(36)63-50(64-52)34-20-28-8-5-10-32(41(28)42(53)43(34)55)46-44(56)48-35(22-59-46)51(62-26-61-48)68-25-38-37(68)13-16-67(38)40(71)11-6-14-54/h2-11,19-23,26,29,37-39,69-70H,1,12-14,16-18,24-25H2/b11-6+/t29-,37+,38+,39?/m0/s1. The van der Waals surface area contributed by atoms with Crippen molar-refractivity contribution in [2.24, 2.45) is 0 Å². The number of phenols is 1. The number of phenolic OH excluding ortho intramolecular Hbond substituents is 1. The van der Waals surface area contributed by atoms with Gasteiger partial charge in [-0.15, -0.1) is 0 Å². The van der Waals surface area contributed by atoms with Crippen molar-refractivity contribution in [3.63, 3.8) is 0 Å². The fourth-order valence-electron chi connectivity index (χ4n) is 10.4. The maximum absolute atomic E-state index is 17.4. The number of carbonyl (C=O) groups excluding carboxylic acids is 1. The topological polar surface area (TPSA) is 172 Å². The van der Waals surface area contributed by atoms with Crippen molar-refractivity contribution in [1.29, 1.82) is 5.26 Å². The van der Waals surface area contributed by atoms with E-state index in [0.29, 0.717) is 52.4 Å². The molecule has 7 heterocycles. The normalized spacial score (nSPS) is 18.7. The van der Waals surface area contributed by atoms with Gasteiger partial charge in [-0.2, -0.15) is 5.26 Å². The molecular formula is C52H40ClF4N11O3. The van der Waals surface area contributed by atoms with Crippen LogP contribution in [0.4, 0.5) is 29.2 Å². The van der Waals surface area contributed by atoms with E-state index in [1.54, 1.807) is 58.3 Å². The van der Waals surface area contributed by atoms with Crippen LogP contribution in [-0.4, -0.2) is 120 Å². The number of rotatable bonds is 10. The zero-order valence-corrected chi connectivity index (χ0v) is 38.3. The Morgan fingerprint density at radius 2 is 1.61 bits per heavy atom. The average molecular weight is 978 g/mol. The minimum atomic E-state index is -1.04. The third kappa shape index (κ3) is 7.59. The van der Waals surface area contributed by atoms with Gasteiger partial charge in [-0.25, -0.2) is 37.5 Å². The molecule has 0 spiro atoms. The lowest BCUT2D eigenvalue weighted by atomic mass is 9.96. The maximum Gasteiger partial charge on any atom is 0.246 e. The number of carbonyl (C=O) groups is 1. The first kappa shape index (κ1) is 45.6. The molecule has 0 bridgehead atoms. The number of nitriles is 1. The zero-order chi connectivity index (χ0) is 49.2. The molecule has 0 saturated carbocycles. The fourth-order valence-corrected chi connectivity index (χ4v) is 10.7. The number of benzene rings is 4. The molecule has 8 aromatic rings. The van der Waals surface area contributed by atoms with E-state index in [0.717, 1.165) is 0 Å². The number of aromatic hydroxyl groups is 1. The van der Waals surface area contributed by atoms with Crippen LogP contribution in [0.25, 0.3) is 77.3 Å². The number of alkyl halides is 1. The minimum Gasteiger partial charge on any atom is -0.508 e. The molecule has 3 saturated heterocycles. The summed E-state index contributed by atoms with van der Waals surface area (Å²) in [5.41, 5.74) is -0.260. The number of pyridine rings is 2. The van der Waals surface area contributed by atoms with Crippen molar-refractivity contribution in [2.45, 2.75) is 37.2 Å². The number of piperazine rings is 1. The highest BCUT2D eigenvalue weighted by atomic mass is 35.5. The van der Waals surface area contributed by atoms with Crippen LogP contribution in [0.3, 0.4) is 0 Å². The molecule has 3 fully saturated rings. The molecular weight excluding hydrogens is 938 g/mol.